The fraction of sp³-hybridized carbons (Fsp3) is 0.333. The van der Waals surface area contributed by atoms with Gasteiger partial charge in [0.25, 0.3) is 10.2 Å². The summed E-state index contributed by atoms with van der Waals surface area (Å²) in [5, 5.41) is 0. The van der Waals surface area contributed by atoms with Gasteiger partial charge >= 0.3 is 6.18 Å². The Kier molecular flexibility index (Phi) is 4.07. The molecule has 0 saturated heterocycles. The number of hydrogen-bond donors (Lipinski definition) is 3. The van der Waals surface area contributed by atoms with Crippen molar-refractivity contribution in [1.82, 2.24) is 4.72 Å². The van der Waals surface area contributed by atoms with E-state index in [1.807, 2.05) is 4.72 Å². The van der Waals surface area contributed by atoms with Crippen molar-refractivity contribution in [3.8, 4) is 0 Å². The topological polar surface area (TPSA) is 84.2 Å². The molecule has 0 fully saturated rings. The van der Waals surface area contributed by atoms with Crippen LogP contribution < -0.4 is 15.2 Å². The summed E-state index contributed by atoms with van der Waals surface area (Å²) in [6, 6.07) is 4.52. The molecule has 4 N–H and O–H groups in total. The summed E-state index contributed by atoms with van der Waals surface area (Å²) in [4.78, 5) is 0. The molecule has 0 aliphatic rings. The number of benzene rings is 1. The molecule has 0 spiro atoms. The highest BCUT2D eigenvalue weighted by Crippen LogP contribution is 2.20. The number of nitrogen functional groups attached to an aromatic ring is 1. The molecule has 0 saturated carbocycles. The fourth-order valence-electron chi connectivity index (χ4n) is 1.12. The Morgan fingerprint density at radius 1 is 1.33 bits per heavy atom. The number of anilines is 2. The third-order valence-corrected chi connectivity index (χ3v) is 2.93. The van der Waals surface area contributed by atoms with E-state index in [9.17, 15) is 21.6 Å². The van der Waals surface area contributed by atoms with Gasteiger partial charge in [-0.25, -0.2) is 0 Å². The lowest BCUT2D eigenvalue weighted by Crippen LogP contribution is -2.37. The lowest BCUT2D eigenvalue weighted by Gasteiger charge is -2.13. The molecule has 0 unspecified atom stereocenters. The van der Waals surface area contributed by atoms with Crippen LogP contribution in [0.4, 0.5) is 24.5 Å². The van der Waals surface area contributed by atoms with Crippen LogP contribution in [0.15, 0.2) is 18.2 Å². The van der Waals surface area contributed by atoms with E-state index < -0.39 is 22.9 Å². The third kappa shape index (κ3) is 4.80. The lowest BCUT2D eigenvalue weighted by molar-refractivity contribution is -0.121. The van der Waals surface area contributed by atoms with Crippen molar-refractivity contribution in [2.75, 3.05) is 17.0 Å². The van der Waals surface area contributed by atoms with Crippen LogP contribution in [0, 0.1) is 6.92 Å². The number of halogens is 3. The van der Waals surface area contributed by atoms with Crippen LogP contribution in [0.1, 0.15) is 5.56 Å². The van der Waals surface area contributed by atoms with Crippen LogP contribution in [0.25, 0.3) is 0 Å². The summed E-state index contributed by atoms with van der Waals surface area (Å²) in [5.74, 6) is 0. The van der Waals surface area contributed by atoms with Crippen molar-refractivity contribution >= 4 is 21.6 Å². The fourth-order valence-corrected chi connectivity index (χ4v) is 2.01. The summed E-state index contributed by atoms with van der Waals surface area (Å²) in [6.07, 6.45) is -4.62. The average molecular weight is 283 g/mol. The Labute approximate surface area is 102 Å². The van der Waals surface area contributed by atoms with Gasteiger partial charge in [0.05, 0.1) is 11.4 Å². The van der Waals surface area contributed by atoms with Crippen LogP contribution >= 0.6 is 0 Å². The van der Waals surface area contributed by atoms with Crippen molar-refractivity contribution in [3.63, 3.8) is 0 Å². The van der Waals surface area contributed by atoms with Crippen molar-refractivity contribution in [2.24, 2.45) is 0 Å². The van der Waals surface area contributed by atoms with Crippen LogP contribution in [-0.2, 0) is 10.2 Å². The van der Waals surface area contributed by atoms with Crippen molar-refractivity contribution in [3.05, 3.63) is 23.8 Å². The molecule has 0 bridgehead atoms. The van der Waals surface area contributed by atoms with Gasteiger partial charge < -0.3 is 5.73 Å². The van der Waals surface area contributed by atoms with E-state index in [1.54, 1.807) is 13.0 Å². The molecule has 0 radical (unpaired) electrons. The van der Waals surface area contributed by atoms with Gasteiger partial charge in [-0.3, -0.25) is 4.72 Å². The van der Waals surface area contributed by atoms with E-state index in [-0.39, 0.29) is 11.4 Å². The first-order valence-electron chi connectivity index (χ1n) is 4.79. The minimum Gasteiger partial charge on any atom is -0.397 e. The van der Waals surface area contributed by atoms with Crippen LogP contribution in [0.3, 0.4) is 0 Å². The van der Waals surface area contributed by atoms with E-state index in [1.165, 1.54) is 16.9 Å². The monoisotopic (exact) mass is 283 g/mol. The molecule has 0 aliphatic carbocycles. The molecular weight excluding hydrogens is 271 g/mol. The molecule has 0 atom stereocenters. The Bertz CT molecular complexity index is 528. The second kappa shape index (κ2) is 5.02. The maximum Gasteiger partial charge on any atom is 0.402 e. The van der Waals surface area contributed by atoms with E-state index in [0.29, 0.717) is 0 Å². The first-order valence-corrected chi connectivity index (χ1v) is 6.28. The van der Waals surface area contributed by atoms with E-state index in [0.717, 1.165) is 5.56 Å². The summed E-state index contributed by atoms with van der Waals surface area (Å²) in [7, 11) is -4.31. The van der Waals surface area contributed by atoms with Gasteiger partial charge in [-0.15, -0.1) is 0 Å². The van der Waals surface area contributed by atoms with Gasteiger partial charge in [0, 0.05) is 0 Å². The number of aryl methyl sites for hydroxylation is 1. The maximum absolute atomic E-state index is 11.9. The molecular formula is C9H12F3N3O2S. The number of rotatable bonds is 4. The second-order valence-corrected chi connectivity index (χ2v) is 5.13. The normalized spacial score (nSPS) is 12.4. The molecule has 1 aromatic carbocycles. The van der Waals surface area contributed by atoms with Gasteiger partial charge in [0.1, 0.15) is 6.54 Å². The van der Waals surface area contributed by atoms with Crippen molar-refractivity contribution in [1.29, 1.82) is 0 Å². The Morgan fingerprint density at radius 3 is 2.50 bits per heavy atom. The van der Waals surface area contributed by atoms with Crippen molar-refractivity contribution < 1.29 is 21.6 Å². The predicted molar refractivity (Wildman–Crippen MR) is 62.2 cm³/mol. The molecule has 0 aliphatic heterocycles. The molecule has 0 amide bonds. The van der Waals surface area contributed by atoms with Crippen LogP contribution in [-0.4, -0.2) is 21.1 Å². The number of nitrogens with one attached hydrogen (secondary N) is 2. The minimum absolute atomic E-state index is 0.0321. The van der Waals surface area contributed by atoms with E-state index in [2.05, 4.69) is 0 Å². The summed E-state index contributed by atoms with van der Waals surface area (Å²) < 4.78 is 61.6. The zero-order chi connectivity index (χ0) is 14.0. The molecule has 1 aromatic rings. The highest BCUT2D eigenvalue weighted by molar-refractivity contribution is 7.90. The minimum atomic E-state index is -4.62. The Morgan fingerprint density at radius 2 is 1.94 bits per heavy atom. The first-order chi connectivity index (χ1) is 8.09. The Balaban J connectivity index is 2.80. The smallest absolute Gasteiger partial charge is 0.397 e. The second-order valence-electron chi connectivity index (χ2n) is 3.63. The van der Waals surface area contributed by atoms with E-state index >= 15 is 0 Å². The molecule has 102 valence electrons. The van der Waals surface area contributed by atoms with E-state index in [4.69, 9.17) is 5.73 Å². The van der Waals surface area contributed by atoms with Gasteiger partial charge in [-0.2, -0.15) is 26.3 Å². The van der Waals surface area contributed by atoms with Gasteiger partial charge in [-0.05, 0) is 24.6 Å². The summed E-state index contributed by atoms with van der Waals surface area (Å²) in [6.45, 7) is 0.0500. The zero-order valence-electron chi connectivity index (χ0n) is 9.38. The zero-order valence-corrected chi connectivity index (χ0v) is 10.2. The van der Waals surface area contributed by atoms with Crippen molar-refractivity contribution in [2.45, 2.75) is 13.1 Å². The highest BCUT2D eigenvalue weighted by Gasteiger charge is 2.29. The van der Waals surface area contributed by atoms with Crippen LogP contribution in [0.5, 0.6) is 0 Å². The molecule has 5 nitrogen and oxygen atoms in total. The quantitative estimate of drug-likeness (QED) is 0.730. The summed E-state index contributed by atoms with van der Waals surface area (Å²) in [5.41, 5.74) is 6.38. The highest BCUT2D eigenvalue weighted by atomic mass is 32.2. The molecule has 9 heteroatoms. The average Bonchev–Trinajstić information content (AvgIpc) is 2.20. The third-order valence-electron chi connectivity index (χ3n) is 1.92. The SMILES string of the molecule is Cc1ccc(N)c(NS(=O)(=O)NCC(F)(F)F)c1. The molecule has 0 heterocycles. The Hall–Kier alpha value is -1.48. The summed E-state index contributed by atoms with van der Waals surface area (Å²) >= 11 is 0. The molecule has 18 heavy (non-hydrogen) atoms. The van der Waals surface area contributed by atoms with Gasteiger partial charge in [-0.1, -0.05) is 6.07 Å². The molecule has 0 aromatic heterocycles. The van der Waals surface area contributed by atoms with Gasteiger partial charge in [0.2, 0.25) is 0 Å². The number of hydrogen-bond acceptors (Lipinski definition) is 3. The largest absolute Gasteiger partial charge is 0.402 e. The van der Waals surface area contributed by atoms with Gasteiger partial charge in [0.15, 0.2) is 0 Å². The number of alkyl halides is 3. The first kappa shape index (κ1) is 14.6. The molecule has 1 rings (SSSR count). The number of nitrogens with two attached hydrogens (primary N) is 1. The predicted octanol–water partition coefficient (Wildman–Crippen LogP) is 1.39. The standard InChI is InChI=1S/C9H12F3N3O2S/c1-6-2-3-7(13)8(4-6)15-18(16,17)14-5-9(10,11)12/h2-4,14-15H,5,13H2,1H3. The maximum atomic E-state index is 11.9. The lowest BCUT2D eigenvalue weighted by atomic mass is 10.2. The van der Waals surface area contributed by atoms with Crippen LogP contribution in [0.2, 0.25) is 0 Å².